The summed E-state index contributed by atoms with van der Waals surface area (Å²) in [6.07, 6.45) is 3.60. The lowest BCUT2D eigenvalue weighted by Gasteiger charge is -2.24. The number of carboxylic acids is 1. The van der Waals surface area contributed by atoms with E-state index in [1.807, 2.05) is 13.8 Å². The molecule has 4 nitrogen and oxygen atoms in total. The molecule has 1 heterocycles. The summed E-state index contributed by atoms with van der Waals surface area (Å²) in [6.45, 7) is 3.74. The summed E-state index contributed by atoms with van der Waals surface area (Å²) in [7, 11) is 0. The number of hydrogen-bond acceptors (Lipinski definition) is 3. The third-order valence-electron chi connectivity index (χ3n) is 3.24. The second-order valence-corrected chi connectivity index (χ2v) is 4.43. The van der Waals surface area contributed by atoms with Crippen molar-refractivity contribution in [2.45, 2.75) is 45.4 Å². The van der Waals surface area contributed by atoms with Crippen molar-refractivity contribution in [3.63, 3.8) is 0 Å². The molecular formula is C12H16N2O2. The number of rotatable bonds is 3. The van der Waals surface area contributed by atoms with E-state index in [1.54, 1.807) is 0 Å². The van der Waals surface area contributed by atoms with E-state index in [-0.39, 0.29) is 6.42 Å². The van der Waals surface area contributed by atoms with E-state index in [2.05, 4.69) is 9.97 Å². The van der Waals surface area contributed by atoms with Crippen LogP contribution in [0.3, 0.4) is 0 Å². The first-order chi connectivity index (χ1) is 7.58. The first-order valence-electron chi connectivity index (χ1n) is 5.63. The molecule has 0 amide bonds. The Morgan fingerprint density at radius 2 is 1.88 bits per heavy atom. The van der Waals surface area contributed by atoms with Crippen molar-refractivity contribution in [1.29, 1.82) is 0 Å². The minimum Gasteiger partial charge on any atom is -0.481 e. The second-order valence-electron chi connectivity index (χ2n) is 4.43. The van der Waals surface area contributed by atoms with Gasteiger partial charge >= 0.3 is 5.97 Å². The molecule has 1 aromatic rings. The molecule has 1 aliphatic rings. The van der Waals surface area contributed by atoms with Crippen LogP contribution >= 0.6 is 0 Å². The summed E-state index contributed by atoms with van der Waals surface area (Å²) in [5, 5.41) is 8.80. The third kappa shape index (κ3) is 2.05. The Kier molecular flexibility index (Phi) is 2.90. The molecule has 0 aliphatic heterocycles. The van der Waals surface area contributed by atoms with Crippen molar-refractivity contribution < 1.29 is 9.90 Å². The molecule has 4 heteroatoms. The van der Waals surface area contributed by atoms with Crippen molar-refractivity contribution in [3.8, 4) is 0 Å². The van der Waals surface area contributed by atoms with Gasteiger partial charge in [-0.15, -0.1) is 0 Å². The van der Waals surface area contributed by atoms with E-state index >= 15 is 0 Å². The Morgan fingerprint density at radius 3 is 2.25 bits per heavy atom. The average molecular weight is 220 g/mol. The maximum absolute atomic E-state index is 10.7. The molecule has 1 saturated carbocycles. The van der Waals surface area contributed by atoms with E-state index < -0.39 is 5.97 Å². The lowest BCUT2D eigenvalue weighted by atomic mass is 9.84. The highest BCUT2D eigenvalue weighted by atomic mass is 16.4. The van der Waals surface area contributed by atoms with E-state index in [4.69, 9.17) is 5.11 Å². The molecular weight excluding hydrogens is 204 g/mol. The van der Waals surface area contributed by atoms with Gasteiger partial charge in [-0.1, -0.05) is 6.42 Å². The summed E-state index contributed by atoms with van der Waals surface area (Å²) in [4.78, 5) is 19.6. The zero-order valence-electron chi connectivity index (χ0n) is 9.66. The van der Waals surface area contributed by atoms with Gasteiger partial charge in [0.15, 0.2) is 0 Å². The first kappa shape index (κ1) is 11.0. The fourth-order valence-electron chi connectivity index (χ4n) is 2.02. The Balaban J connectivity index is 2.30. The van der Waals surface area contributed by atoms with E-state index in [0.717, 1.165) is 35.6 Å². The van der Waals surface area contributed by atoms with Crippen molar-refractivity contribution in [2.24, 2.45) is 0 Å². The zero-order chi connectivity index (χ0) is 11.7. The highest BCUT2D eigenvalue weighted by Gasteiger charge is 2.23. The number of hydrogen-bond donors (Lipinski definition) is 1. The lowest BCUT2D eigenvalue weighted by Crippen LogP contribution is -2.16. The van der Waals surface area contributed by atoms with Crippen LogP contribution in [0.1, 0.15) is 48.0 Å². The van der Waals surface area contributed by atoms with Crippen molar-refractivity contribution >= 4 is 5.97 Å². The van der Waals surface area contributed by atoms with Gasteiger partial charge in [-0.2, -0.15) is 0 Å². The summed E-state index contributed by atoms with van der Waals surface area (Å²) < 4.78 is 0. The second kappa shape index (κ2) is 4.20. The number of nitrogens with zero attached hydrogens (tertiary/aromatic N) is 2. The highest BCUT2D eigenvalue weighted by Crippen LogP contribution is 2.34. The predicted octanol–water partition coefficient (Wildman–Crippen LogP) is 1.99. The topological polar surface area (TPSA) is 63.1 Å². The Hall–Kier alpha value is -1.45. The van der Waals surface area contributed by atoms with Crippen LogP contribution in [0.2, 0.25) is 0 Å². The maximum atomic E-state index is 10.7. The van der Waals surface area contributed by atoms with Gasteiger partial charge in [0.25, 0.3) is 0 Å². The fraction of sp³-hybridized carbons (Fsp3) is 0.583. The maximum Gasteiger partial charge on any atom is 0.307 e. The third-order valence-corrected chi connectivity index (χ3v) is 3.24. The van der Waals surface area contributed by atoms with Crippen LogP contribution in [0.25, 0.3) is 0 Å². The van der Waals surface area contributed by atoms with Gasteiger partial charge in [0.05, 0.1) is 6.42 Å². The molecule has 0 unspecified atom stereocenters. The Labute approximate surface area is 94.7 Å². The van der Waals surface area contributed by atoms with Crippen LogP contribution in [-0.2, 0) is 11.2 Å². The molecule has 0 aromatic carbocycles. The lowest BCUT2D eigenvalue weighted by molar-refractivity contribution is -0.136. The largest absolute Gasteiger partial charge is 0.481 e. The molecule has 1 aromatic heterocycles. The van der Waals surface area contributed by atoms with Gasteiger partial charge < -0.3 is 5.11 Å². The standard InChI is InChI=1S/C12H16N2O2/c1-7-10(6-11(15)16)8(2)14-12(13-7)9-4-3-5-9/h9H,3-6H2,1-2H3,(H,15,16). The van der Waals surface area contributed by atoms with E-state index in [1.165, 1.54) is 6.42 Å². The van der Waals surface area contributed by atoms with Crippen LogP contribution in [0.5, 0.6) is 0 Å². The van der Waals surface area contributed by atoms with Gasteiger partial charge in [-0.3, -0.25) is 4.79 Å². The van der Waals surface area contributed by atoms with Crippen LogP contribution < -0.4 is 0 Å². The number of aromatic nitrogens is 2. The van der Waals surface area contributed by atoms with Crippen molar-refractivity contribution in [2.75, 3.05) is 0 Å². The number of aliphatic carboxylic acids is 1. The minimum atomic E-state index is -0.828. The van der Waals surface area contributed by atoms with Gasteiger partial charge in [0.1, 0.15) is 5.82 Å². The van der Waals surface area contributed by atoms with Gasteiger partial charge in [0, 0.05) is 22.9 Å². The summed E-state index contributed by atoms with van der Waals surface area (Å²) in [6, 6.07) is 0. The summed E-state index contributed by atoms with van der Waals surface area (Å²) in [5.74, 6) is 0.567. The number of carboxylic acid groups (broad SMARTS) is 1. The molecule has 0 saturated heterocycles. The van der Waals surface area contributed by atoms with Crippen LogP contribution in [0.15, 0.2) is 0 Å². The van der Waals surface area contributed by atoms with Crippen molar-refractivity contribution in [1.82, 2.24) is 9.97 Å². The average Bonchev–Trinajstić information content (AvgIpc) is 2.08. The SMILES string of the molecule is Cc1nc(C2CCC2)nc(C)c1CC(=O)O. The minimum absolute atomic E-state index is 0.0165. The van der Waals surface area contributed by atoms with Crippen LogP contribution in [-0.4, -0.2) is 21.0 Å². The first-order valence-corrected chi connectivity index (χ1v) is 5.63. The molecule has 2 rings (SSSR count). The zero-order valence-corrected chi connectivity index (χ0v) is 9.66. The van der Waals surface area contributed by atoms with Crippen molar-refractivity contribution in [3.05, 3.63) is 22.8 Å². The molecule has 1 N–H and O–H groups in total. The van der Waals surface area contributed by atoms with E-state index in [9.17, 15) is 4.79 Å². The molecule has 1 aliphatic carbocycles. The molecule has 0 bridgehead atoms. The Morgan fingerprint density at radius 1 is 1.31 bits per heavy atom. The summed E-state index contributed by atoms with van der Waals surface area (Å²) >= 11 is 0. The molecule has 0 atom stereocenters. The molecule has 0 spiro atoms. The quantitative estimate of drug-likeness (QED) is 0.846. The molecule has 0 radical (unpaired) electrons. The van der Waals surface area contributed by atoms with Gasteiger partial charge in [0.2, 0.25) is 0 Å². The number of carbonyl (C=O) groups is 1. The van der Waals surface area contributed by atoms with E-state index in [0.29, 0.717) is 5.92 Å². The normalized spacial score (nSPS) is 15.9. The Bertz CT molecular complexity index is 402. The molecule has 86 valence electrons. The summed E-state index contributed by atoms with van der Waals surface area (Å²) in [5.41, 5.74) is 2.39. The monoisotopic (exact) mass is 220 g/mol. The fourth-order valence-corrected chi connectivity index (χ4v) is 2.02. The molecule has 16 heavy (non-hydrogen) atoms. The van der Waals surface area contributed by atoms with Crippen LogP contribution in [0.4, 0.5) is 0 Å². The molecule has 1 fully saturated rings. The number of aryl methyl sites for hydroxylation is 2. The van der Waals surface area contributed by atoms with Crippen LogP contribution in [0, 0.1) is 13.8 Å². The van der Waals surface area contributed by atoms with Gasteiger partial charge in [-0.05, 0) is 26.7 Å². The smallest absolute Gasteiger partial charge is 0.307 e. The predicted molar refractivity (Wildman–Crippen MR) is 59.4 cm³/mol. The highest BCUT2D eigenvalue weighted by molar-refractivity contribution is 5.70. The van der Waals surface area contributed by atoms with Gasteiger partial charge in [-0.25, -0.2) is 9.97 Å².